The van der Waals surface area contributed by atoms with E-state index in [2.05, 4.69) is 5.32 Å². The number of halogens is 5. The Morgan fingerprint density at radius 3 is 2.17 bits per heavy atom. The standard InChI is InChI=1S/C14H9F5N2O2/c15-10-3-8(4-11(16)6-10)7-20-12-2-1-9(14(17,18)19)5-13(12)21(22)23/h1-6,20H,7H2. The average Bonchev–Trinajstić information content (AvgIpc) is 2.42. The van der Waals surface area contributed by atoms with E-state index in [1.807, 2.05) is 0 Å². The molecule has 4 nitrogen and oxygen atoms in total. The third-order valence-electron chi connectivity index (χ3n) is 2.93. The van der Waals surface area contributed by atoms with Gasteiger partial charge < -0.3 is 5.32 Å². The highest BCUT2D eigenvalue weighted by atomic mass is 19.4. The van der Waals surface area contributed by atoms with Crippen molar-refractivity contribution < 1.29 is 26.9 Å². The molecule has 0 heterocycles. The number of hydrogen-bond acceptors (Lipinski definition) is 3. The van der Waals surface area contributed by atoms with Crippen molar-refractivity contribution in [3.05, 3.63) is 69.3 Å². The maximum Gasteiger partial charge on any atom is 0.416 e. The molecule has 0 amide bonds. The second-order valence-corrected chi connectivity index (χ2v) is 4.62. The molecule has 0 radical (unpaired) electrons. The van der Waals surface area contributed by atoms with E-state index < -0.39 is 34.0 Å². The molecule has 0 saturated heterocycles. The summed E-state index contributed by atoms with van der Waals surface area (Å²) in [6.07, 6.45) is -4.71. The molecule has 0 aromatic heterocycles. The maximum atomic E-state index is 13.0. The van der Waals surface area contributed by atoms with Gasteiger partial charge in [-0.25, -0.2) is 8.78 Å². The number of nitrogens with zero attached hydrogens (tertiary/aromatic N) is 1. The van der Waals surface area contributed by atoms with Gasteiger partial charge in [-0.1, -0.05) is 0 Å². The minimum atomic E-state index is -4.71. The van der Waals surface area contributed by atoms with Crippen LogP contribution in [-0.4, -0.2) is 4.92 Å². The van der Waals surface area contributed by atoms with Crippen molar-refractivity contribution in [2.75, 3.05) is 5.32 Å². The lowest BCUT2D eigenvalue weighted by Gasteiger charge is -2.11. The van der Waals surface area contributed by atoms with Crippen molar-refractivity contribution in [3.8, 4) is 0 Å². The molecule has 2 rings (SSSR count). The molecule has 0 unspecified atom stereocenters. The van der Waals surface area contributed by atoms with Crippen LogP contribution in [0.25, 0.3) is 0 Å². The number of hydrogen-bond donors (Lipinski definition) is 1. The molecule has 2 aromatic rings. The first-order chi connectivity index (χ1) is 10.7. The zero-order valence-electron chi connectivity index (χ0n) is 11.3. The average molecular weight is 332 g/mol. The first kappa shape index (κ1) is 16.7. The highest BCUT2D eigenvalue weighted by molar-refractivity contribution is 5.63. The molecule has 1 N–H and O–H groups in total. The number of alkyl halides is 3. The summed E-state index contributed by atoms with van der Waals surface area (Å²) in [5.41, 5.74) is -1.98. The van der Waals surface area contributed by atoms with Gasteiger partial charge in [0.2, 0.25) is 0 Å². The molecule has 23 heavy (non-hydrogen) atoms. The monoisotopic (exact) mass is 332 g/mol. The number of nitro benzene ring substituents is 1. The van der Waals surface area contributed by atoms with E-state index in [1.165, 1.54) is 0 Å². The number of nitro groups is 1. The first-order valence-corrected chi connectivity index (χ1v) is 6.21. The SMILES string of the molecule is O=[N+]([O-])c1cc(C(F)(F)F)ccc1NCc1cc(F)cc(F)c1. The second kappa shape index (κ2) is 6.19. The van der Waals surface area contributed by atoms with Gasteiger partial charge >= 0.3 is 6.18 Å². The zero-order valence-corrected chi connectivity index (χ0v) is 11.3. The normalized spacial score (nSPS) is 11.3. The summed E-state index contributed by atoms with van der Waals surface area (Å²) in [5, 5.41) is 13.4. The van der Waals surface area contributed by atoms with Gasteiger partial charge in [0.1, 0.15) is 17.3 Å². The summed E-state index contributed by atoms with van der Waals surface area (Å²) in [7, 11) is 0. The second-order valence-electron chi connectivity index (χ2n) is 4.62. The Balaban J connectivity index is 2.27. The van der Waals surface area contributed by atoms with Gasteiger partial charge in [0.15, 0.2) is 0 Å². The smallest absolute Gasteiger partial charge is 0.375 e. The molecule has 0 bridgehead atoms. The lowest BCUT2D eigenvalue weighted by molar-refractivity contribution is -0.384. The molecule has 0 saturated carbocycles. The minimum absolute atomic E-state index is 0.150. The first-order valence-electron chi connectivity index (χ1n) is 6.21. The Morgan fingerprint density at radius 1 is 1.04 bits per heavy atom. The fourth-order valence-corrected chi connectivity index (χ4v) is 1.92. The van der Waals surface area contributed by atoms with Gasteiger partial charge in [-0.15, -0.1) is 0 Å². The fraction of sp³-hybridized carbons (Fsp3) is 0.143. The Morgan fingerprint density at radius 2 is 1.65 bits per heavy atom. The largest absolute Gasteiger partial charge is 0.416 e. The number of benzene rings is 2. The van der Waals surface area contributed by atoms with Crippen molar-refractivity contribution in [2.24, 2.45) is 0 Å². The van der Waals surface area contributed by atoms with Crippen LogP contribution in [0.3, 0.4) is 0 Å². The minimum Gasteiger partial charge on any atom is -0.375 e. The van der Waals surface area contributed by atoms with E-state index in [0.717, 1.165) is 18.2 Å². The van der Waals surface area contributed by atoms with Gasteiger partial charge in [0, 0.05) is 18.7 Å². The molecule has 122 valence electrons. The summed E-state index contributed by atoms with van der Waals surface area (Å²) in [6, 6.07) is 4.65. The lowest BCUT2D eigenvalue weighted by Crippen LogP contribution is -2.08. The van der Waals surface area contributed by atoms with E-state index in [1.54, 1.807) is 0 Å². The third-order valence-corrected chi connectivity index (χ3v) is 2.93. The quantitative estimate of drug-likeness (QED) is 0.509. The van der Waals surface area contributed by atoms with E-state index in [-0.39, 0.29) is 17.8 Å². The van der Waals surface area contributed by atoms with Crippen LogP contribution in [0.15, 0.2) is 36.4 Å². The van der Waals surface area contributed by atoms with Crippen molar-refractivity contribution in [1.29, 1.82) is 0 Å². The summed E-state index contributed by atoms with van der Waals surface area (Å²) in [4.78, 5) is 9.93. The van der Waals surface area contributed by atoms with Crippen LogP contribution in [0.4, 0.5) is 33.3 Å². The van der Waals surface area contributed by atoms with Crippen LogP contribution in [0.5, 0.6) is 0 Å². The molecule has 0 aliphatic rings. The fourth-order valence-electron chi connectivity index (χ4n) is 1.92. The highest BCUT2D eigenvalue weighted by Crippen LogP contribution is 2.35. The molecule has 0 atom stereocenters. The van der Waals surface area contributed by atoms with E-state index in [0.29, 0.717) is 18.2 Å². The topological polar surface area (TPSA) is 55.2 Å². The van der Waals surface area contributed by atoms with Crippen LogP contribution in [-0.2, 0) is 12.7 Å². The van der Waals surface area contributed by atoms with Crippen LogP contribution < -0.4 is 5.32 Å². The molecule has 0 spiro atoms. The van der Waals surface area contributed by atoms with E-state index in [9.17, 15) is 32.1 Å². The summed E-state index contributed by atoms with van der Waals surface area (Å²) in [6.45, 7) is -0.194. The van der Waals surface area contributed by atoms with Crippen LogP contribution in [0.2, 0.25) is 0 Å². The molecule has 0 aliphatic carbocycles. The van der Waals surface area contributed by atoms with E-state index >= 15 is 0 Å². The van der Waals surface area contributed by atoms with Crippen LogP contribution in [0.1, 0.15) is 11.1 Å². The predicted molar refractivity (Wildman–Crippen MR) is 71.8 cm³/mol. The van der Waals surface area contributed by atoms with Crippen LogP contribution in [0, 0.1) is 21.7 Å². The van der Waals surface area contributed by atoms with Crippen molar-refractivity contribution in [3.63, 3.8) is 0 Å². The van der Waals surface area contributed by atoms with Gasteiger partial charge in [0.25, 0.3) is 5.69 Å². The predicted octanol–water partition coefficient (Wildman–Crippen LogP) is 4.50. The Bertz CT molecular complexity index is 726. The number of nitrogens with one attached hydrogen (secondary N) is 1. The maximum absolute atomic E-state index is 13.0. The Labute approximate surface area is 126 Å². The molecule has 2 aromatic carbocycles. The summed E-state index contributed by atoms with van der Waals surface area (Å²) in [5.74, 6) is -1.66. The van der Waals surface area contributed by atoms with Gasteiger partial charge in [-0.3, -0.25) is 10.1 Å². The summed E-state index contributed by atoms with van der Waals surface area (Å²) < 4.78 is 63.8. The Hall–Kier alpha value is -2.71. The molecule has 0 fully saturated rings. The van der Waals surface area contributed by atoms with Crippen molar-refractivity contribution in [2.45, 2.75) is 12.7 Å². The van der Waals surface area contributed by atoms with Crippen molar-refractivity contribution >= 4 is 11.4 Å². The molecular weight excluding hydrogens is 323 g/mol. The third kappa shape index (κ3) is 4.15. The summed E-state index contributed by atoms with van der Waals surface area (Å²) >= 11 is 0. The van der Waals surface area contributed by atoms with E-state index in [4.69, 9.17) is 0 Å². The lowest BCUT2D eigenvalue weighted by atomic mass is 10.1. The molecule has 0 aliphatic heterocycles. The molecule has 9 heteroatoms. The molecular formula is C14H9F5N2O2. The van der Waals surface area contributed by atoms with Gasteiger partial charge in [-0.2, -0.15) is 13.2 Å². The number of anilines is 1. The van der Waals surface area contributed by atoms with Gasteiger partial charge in [0.05, 0.1) is 10.5 Å². The highest BCUT2D eigenvalue weighted by Gasteiger charge is 2.33. The van der Waals surface area contributed by atoms with Crippen molar-refractivity contribution in [1.82, 2.24) is 0 Å². The number of rotatable bonds is 4. The zero-order chi connectivity index (χ0) is 17.2. The van der Waals surface area contributed by atoms with Crippen LogP contribution >= 0.6 is 0 Å². The Kier molecular flexibility index (Phi) is 4.48. The van der Waals surface area contributed by atoms with Gasteiger partial charge in [-0.05, 0) is 29.8 Å².